The van der Waals surface area contributed by atoms with Crippen molar-refractivity contribution in [2.24, 2.45) is 5.41 Å². The highest BCUT2D eigenvalue weighted by Crippen LogP contribution is 2.30. The van der Waals surface area contributed by atoms with Gasteiger partial charge in [0, 0.05) is 13.1 Å². The molecule has 96 valence electrons. The fourth-order valence-electron chi connectivity index (χ4n) is 2.78. The Morgan fingerprint density at radius 1 is 1.41 bits per heavy atom. The summed E-state index contributed by atoms with van der Waals surface area (Å²) in [5, 5.41) is 12.4. The summed E-state index contributed by atoms with van der Waals surface area (Å²) < 4.78 is 0. The van der Waals surface area contributed by atoms with Gasteiger partial charge in [-0.25, -0.2) is 4.79 Å². The van der Waals surface area contributed by atoms with E-state index in [-0.39, 0.29) is 5.91 Å². The van der Waals surface area contributed by atoms with Crippen LogP contribution in [0.5, 0.6) is 0 Å². The molecule has 2 rings (SSSR count). The smallest absolute Gasteiger partial charge is 0.326 e. The van der Waals surface area contributed by atoms with Crippen LogP contribution in [-0.2, 0) is 9.59 Å². The lowest BCUT2D eigenvalue weighted by Gasteiger charge is -2.37. The van der Waals surface area contributed by atoms with E-state index in [1.165, 1.54) is 0 Å². The van der Waals surface area contributed by atoms with Gasteiger partial charge in [-0.15, -0.1) is 0 Å². The zero-order valence-corrected chi connectivity index (χ0v) is 10.2. The van der Waals surface area contributed by atoms with Crippen molar-refractivity contribution in [1.82, 2.24) is 10.2 Å². The first-order chi connectivity index (χ1) is 8.04. The Morgan fingerprint density at radius 3 is 2.76 bits per heavy atom. The Hall–Kier alpha value is -1.10. The van der Waals surface area contributed by atoms with Gasteiger partial charge < -0.3 is 15.3 Å². The van der Waals surface area contributed by atoms with Crippen molar-refractivity contribution in [3.05, 3.63) is 0 Å². The summed E-state index contributed by atoms with van der Waals surface area (Å²) in [6.45, 7) is 4.02. The van der Waals surface area contributed by atoms with Crippen LogP contribution in [0, 0.1) is 5.41 Å². The number of nitrogens with zero attached hydrogens (tertiary/aromatic N) is 1. The third-order valence-corrected chi connectivity index (χ3v) is 3.93. The molecular weight excluding hydrogens is 220 g/mol. The number of amides is 1. The number of carboxylic acid groups (broad SMARTS) is 1. The molecule has 2 aliphatic heterocycles. The van der Waals surface area contributed by atoms with Gasteiger partial charge in [-0.05, 0) is 39.2 Å². The van der Waals surface area contributed by atoms with Crippen LogP contribution in [0.4, 0.5) is 0 Å². The number of carboxylic acids is 1. The Balaban J connectivity index is 2.13. The molecule has 0 radical (unpaired) electrons. The molecular formula is C12H20N2O3. The number of piperidine rings is 1. The number of rotatable bonds is 2. The standard InChI is InChI=1S/C12H20N2O3/c1-12(5-6-13-8-12)11(17)14-7-3-2-4-9(14)10(15)16/h9,13H,2-8H2,1H3,(H,15,16). The molecule has 0 aromatic rings. The molecule has 2 heterocycles. The van der Waals surface area contributed by atoms with E-state index in [0.29, 0.717) is 19.5 Å². The molecule has 0 aromatic heterocycles. The fraction of sp³-hybridized carbons (Fsp3) is 0.833. The van der Waals surface area contributed by atoms with Crippen molar-refractivity contribution >= 4 is 11.9 Å². The average Bonchev–Trinajstić information content (AvgIpc) is 2.76. The van der Waals surface area contributed by atoms with E-state index in [4.69, 9.17) is 0 Å². The van der Waals surface area contributed by atoms with Gasteiger partial charge in [-0.1, -0.05) is 0 Å². The number of likely N-dealkylation sites (tertiary alicyclic amines) is 1. The summed E-state index contributed by atoms with van der Waals surface area (Å²) >= 11 is 0. The van der Waals surface area contributed by atoms with Crippen LogP contribution < -0.4 is 5.32 Å². The summed E-state index contributed by atoms with van der Waals surface area (Å²) in [4.78, 5) is 25.2. The molecule has 0 saturated carbocycles. The molecule has 2 atom stereocenters. The van der Waals surface area contributed by atoms with Gasteiger partial charge in [-0.2, -0.15) is 0 Å². The van der Waals surface area contributed by atoms with E-state index in [1.54, 1.807) is 4.90 Å². The monoisotopic (exact) mass is 240 g/mol. The predicted molar refractivity (Wildman–Crippen MR) is 62.6 cm³/mol. The maximum atomic E-state index is 12.5. The van der Waals surface area contributed by atoms with Crippen molar-refractivity contribution in [3.63, 3.8) is 0 Å². The SMILES string of the molecule is CC1(C(=O)N2CCCCC2C(=O)O)CCNC1. The van der Waals surface area contributed by atoms with E-state index in [9.17, 15) is 14.7 Å². The Bertz CT molecular complexity index is 324. The van der Waals surface area contributed by atoms with Crippen LogP contribution in [0.2, 0.25) is 0 Å². The number of carbonyl (C=O) groups excluding carboxylic acids is 1. The first-order valence-electron chi connectivity index (χ1n) is 6.29. The molecule has 2 N–H and O–H groups in total. The van der Waals surface area contributed by atoms with E-state index in [0.717, 1.165) is 25.8 Å². The van der Waals surface area contributed by atoms with E-state index >= 15 is 0 Å². The highest BCUT2D eigenvalue weighted by Gasteiger charge is 2.43. The Morgan fingerprint density at radius 2 is 2.18 bits per heavy atom. The van der Waals surface area contributed by atoms with Crippen molar-refractivity contribution < 1.29 is 14.7 Å². The minimum absolute atomic E-state index is 0.00889. The summed E-state index contributed by atoms with van der Waals surface area (Å²) in [6, 6.07) is -0.617. The number of nitrogens with one attached hydrogen (secondary N) is 1. The molecule has 2 unspecified atom stereocenters. The number of hydrogen-bond acceptors (Lipinski definition) is 3. The second-order valence-electron chi connectivity index (χ2n) is 5.34. The summed E-state index contributed by atoms with van der Waals surface area (Å²) in [6.07, 6.45) is 3.20. The molecule has 0 bridgehead atoms. The maximum absolute atomic E-state index is 12.5. The topological polar surface area (TPSA) is 69.6 Å². The molecule has 0 spiro atoms. The van der Waals surface area contributed by atoms with Crippen LogP contribution >= 0.6 is 0 Å². The summed E-state index contributed by atoms with van der Waals surface area (Å²) in [5.74, 6) is -0.859. The van der Waals surface area contributed by atoms with Crippen LogP contribution in [0.1, 0.15) is 32.6 Å². The summed E-state index contributed by atoms with van der Waals surface area (Å²) in [7, 11) is 0. The number of aliphatic carboxylic acids is 1. The zero-order valence-electron chi connectivity index (χ0n) is 10.2. The van der Waals surface area contributed by atoms with Crippen LogP contribution in [0.3, 0.4) is 0 Å². The largest absolute Gasteiger partial charge is 0.480 e. The van der Waals surface area contributed by atoms with Crippen LogP contribution in [-0.4, -0.2) is 47.6 Å². The minimum atomic E-state index is -0.868. The van der Waals surface area contributed by atoms with Gasteiger partial charge in [-0.3, -0.25) is 4.79 Å². The van der Waals surface area contributed by atoms with Gasteiger partial charge in [0.1, 0.15) is 6.04 Å². The molecule has 0 aromatic carbocycles. The van der Waals surface area contributed by atoms with E-state index in [2.05, 4.69) is 5.32 Å². The van der Waals surface area contributed by atoms with E-state index in [1.807, 2.05) is 6.92 Å². The quantitative estimate of drug-likeness (QED) is 0.735. The van der Waals surface area contributed by atoms with Gasteiger partial charge in [0.25, 0.3) is 0 Å². The number of hydrogen-bond donors (Lipinski definition) is 2. The number of carbonyl (C=O) groups is 2. The van der Waals surface area contributed by atoms with Crippen LogP contribution in [0.25, 0.3) is 0 Å². The van der Waals surface area contributed by atoms with Crippen molar-refractivity contribution in [2.45, 2.75) is 38.6 Å². The lowest BCUT2D eigenvalue weighted by atomic mass is 9.86. The van der Waals surface area contributed by atoms with Crippen molar-refractivity contribution in [3.8, 4) is 0 Å². The normalized spacial score (nSPS) is 33.7. The lowest BCUT2D eigenvalue weighted by molar-refractivity contribution is -0.156. The molecule has 5 heteroatoms. The molecule has 1 amide bonds. The predicted octanol–water partition coefficient (Wildman–Crippen LogP) is 0.452. The second kappa shape index (κ2) is 4.64. The lowest BCUT2D eigenvalue weighted by Crippen LogP contribution is -2.53. The molecule has 17 heavy (non-hydrogen) atoms. The first-order valence-corrected chi connectivity index (χ1v) is 6.29. The molecule has 2 aliphatic rings. The fourth-order valence-corrected chi connectivity index (χ4v) is 2.78. The van der Waals surface area contributed by atoms with E-state index < -0.39 is 17.4 Å². The van der Waals surface area contributed by atoms with Gasteiger partial charge in [0.05, 0.1) is 5.41 Å². The molecule has 0 aliphatic carbocycles. The Labute approximate surface area is 101 Å². The zero-order chi connectivity index (χ0) is 12.5. The minimum Gasteiger partial charge on any atom is -0.480 e. The first kappa shape index (κ1) is 12.4. The van der Waals surface area contributed by atoms with Gasteiger partial charge >= 0.3 is 5.97 Å². The average molecular weight is 240 g/mol. The molecule has 2 saturated heterocycles. The molecule has 5 nitrogen and oxygen atoms in total. The Kier molecular flexibility index (Phi) is 3.38. The van der Waals surface area contributed by atoms with Crippen molar-refractivity contribution in [2.75, 3.05) is 19.6 Å². The van der Waals surface area contributed by atoms with Crippen LogP contribution in [0.15, 0.2) is 0 Å². The highest BCUT2D eigenvalue weighted by molar-refractivity contribution is 5.88. The summed E-state index contributed by atoms with van der Waals surface area (Å²) in [5.41, 5.74) is -0.412. The third kappa shape index (κ3) is 2.29. The second-order valence-corrected chi connectivity index (χ2v) is 5.34. The van der Waals surface area contributed by atoms with Gasteiger partial charge in [0.2, 0.25) is 5.91 Å². The third-order valence-electron chi connectivity index (χ3n) is 3.93. The van der Waals surface area contributed by atoms with Gasteiger partial charge in [0.15, 0.2) is 0 Å². The maximum Gasteiger partial charge on any atom is 0.326 e. The highest BCUT2D eigenvalue weighted by atomic mass is 16.4. The van der Waals surface area contributed by atoms with Crippen molar-refractivity contribution in [1.29, 1.82) is 0 Å². The molecule has 2 fully saturated rings.